The summed E-state index contributed by atoms with van der Waals surface area (Å²) in [6.07, 6.45) is 4.84. The second kappa shape index (κ2) is 9.79. The van der Waals surface area contributed by atoms with E-state index in [0.29, 0.717) is 5.69 Å². The van der Waals surface area contributed by atoms with Gasteiger partial charge in [0.05, 0.1) is 12.3 Å². The van der Waals surface area contributed by atoms with E-state index in [1.54, 1.807) is 22.8 Å². The van der Waals surface area contributed by atoms with Crippen LogP contribution in [0.15, 0.2) is 24.3 Å². The van der Waals surface area contributed by atoms with Crippen LogP contribution in [0.4, 0.5) is 11.4 Å². The molecule has 1 aromatic carbocycles. The zero-order chi connectivity index (χ0) is 23.5. The fourth-order valence-corrected chi connectivity index (χ4v) is 5.90. The van der Waals surface area contributed by atoms with Gasteiger partial charge in [-0.1, -0.05) is 25.1 Å². The maximum Gasteiger partial charge on any atom is 0.357 e. The number of carbonyl (C=O) groups is 3. The van der Waals surface area contributed by atoms with Gasteiger partial charge in [0.15, 0.2) is 5.69 Å². The van der Waals surface area contributed by atoms with Gasteiger partial charge in [-0.25, -0.2) is 4.79 Å². The van der Waals surface area contributed by atoms with Crippen molar-refractivity contribution in [2.24, 2.45) is 0 Å². The third-order valence-corrected chi connectivity index (χ3v) is 7.21. The van der Waals surface area contributed by atoms with Crippen LogP contribution in [0.3, 0.4) is 0 Å². The zero-order valence-corrected chi connectivity index (χ0v) is 20.1. The summed E-state index contributed by atoms with van der Waals surface area (Å²) in [7, 11) is 0. The Kier molecular flexibility index (Phi) is 6.83. The highest BCUT2D eigenvalue weighted by molar-refractivity contribution is 7.19. The van der Waals surface area contributed by atoms with E-state index < -0.39 is 5.97 Å². The molecule has 2 N–H and O–H groups in total. The second-order valence-electron chi connectivity index (χ2n) is 8.16. The van der Waals surface area contributed by atoms with Crippen LogP contribution < -0.4 is 10.6 Å². The van der Waals surface area contributed by atoms with E-state index in [4.69, 9.17) is 4.74 Å². The number of aromatic nitrogens is 1. The molecule has 1 aliphatic rings. The van der Waals surface area contributed by atoms with Crippen molar-refractivity contribution >= 4 is 50.7 Å². The van der Waals surface area contributed by atoms with Crippen LogP contribution in [0.5, 0.6) is 0 Å². The average Bonchev–Trinajstić information content (AvgIpc) is 3.29. The minimum absolute atomic E-state index is 0.0539. The number of carbonyl (C=O) groups excluding carboxylic acids is 3. The molecule has 1 aliphatic carbocycles. The van der Waals surface area contributed by atoms with E-state index in [2.05, 4.69) is 10.6 Å². The number of hydrogen-bond acceptors (Lipinski definition) is 5. The molecule has 8 heteroatoms. The first-order valence-corrected chi connectivity index (χ1v) is 12.2. The standard InChI is InChI=1S/C25H29N3O4S/c1-4-16-10-6-8-12-18(16)27-20(30)14-28-23(25(31)32-5-2)22(26-15(3)29)21-17-11-7-9-13-19(17)33-24(21)28/h6,8,10,12H,4-5,7,9,11,13-14H2,1-3H3,(H,26,29)(H,27,30). The number of para-hydroxylation sites is 1. The summed E-state index contributed by atoms with van der Waals surface area (Å²) in [6.45, 7) is 5.34. The molecular formula is C25H29N3O4S. The highest BCUT2D eigenvalue weighted by Gasteiger charge is 2.31. The Labute approximate surface area is 197 Å². The largest absolute Gasteiger partial charge is 0.461 e. The number of nitrogens with zero attached hydrogens (tertiary/aromatic N) is 1. The molecule has 0 unspecified atom stereocenters. The van der Waals surface area contributed by atoms with Crippen molar-refractivity contribution in [2.45, 2.75) is 59.4 Å². The summed E-state index contributed by atoms with van der Waals surface area (Å²) >= 11 is 1.60. The molecule has 0 radical (unpaired) electrons. The molecule has 2 heterocycles. The lowest BCUT2D eigenvalue weighted by atomic mass is 9.96. The molecule has 0 saturated carbocycles. The van der Waals surface area contributed by atoms with Gasteiger partial charge >= 0.3 is 5.97 Å². The Morgan fingerprint density at radius 2 is 1.85 bits per heavy atom. The third kappa shape index (κ3) is 4.53. The number of ether oxygens (including phenoxy) is 1. The molecule has 7 nitrogen and oxygen atoms in total. The summed E-state index contributed by atoms with van der Waals surface area (Å²) in [4.78, 5) is 40.3. The summed E-state index contributed by atoms with van der Waals surface area (Å²) in [6, 6.07) is 7.68. The number of benzene rings is 1. The summed E-state index contributed by atoms with van der Waals surface area (Å²) in [5.41, 5.74) is 3.65. The number of anilines is 2. The maximum atomic E-state index is 13.1. The number of esters is 1. The van der Waals surface area contributed by atoms with Gasteiger partial charge in [-0.2, -0.15) is 0 Å². The number of thiophene rings is 1. The van der Waals surface area contributed by atoms with E-state index in [-0.39, 0.29) is 30.7 Å². The van der Waals surface area contributed by atoms with Gasteiger partial charge in [0, 0.05) is 22.9 Å². The van der Waals surface area contributed by atoms with Crippen LogP contribution in [-0.2, 0) is 40.1 Å². The molecule has 2 amide bonds. The Bertz CT molecular complexity index is 1220. The Morgan fingerprint density at radius 3 is 2.58 bits per heavy atom. The first-order chi connectivity index (χ1) is 15.9. The smallest absolute Gasteiger partial charge is 0.357 e. The topological polar surface area (TPSA) is 89.4 Å². The van der Waals surface area contributed by atoms with Crippen molar-refractivity contribution in [3.63, 3.8) is 0 Å². The van der Waals surface area contributed by atoms with Crippen LogP contribution in [0.1, 0.15) is 60.1 Å². The molecule has 0 bridgehead atoms. The Hall–Kier alpha value is -3.13. The lowest BCUT2D eigenvalue weighted by Crippen LogP contribution is -2.23. The van der Waals surface area contributed by atoms with Crippen molar-refractivity contribution in [3.05, 3.63) is 46.0 Å². The van der Waals surface area contributed by atoms with Gasteiger partial charge in [0.1, 0.15) is 11.4 Å². The molecule has 33 heavy (non-hydrogen) atoms. The van der Waals surface area contributed by atoms with E-state index in [0.717, 1.165) is 53.6 Å². The number of hydrogen-bond donors (Lipinski definition) is 2. The lowest BCUT2D eigenvalue weighted by molar-refractivity contribution is -0.116. The molecular weight excluding hydrogens is 438 g/mol. The van der Waals surface area contributed by atoms with Crippen molar-refractivity contribution in [1.29, 1.82) is 0 Å². The van der Waals surface area contributed by atoms with Crippen LogP contribution >= 0.6 is 11.3 Å². The monoisotopic (exact) mass is 467 g/mol. The molecule has 0 aliphatic heterocycles. The fourth-order valence-electron chi connectivity index (χ4n) is 4.50. The van der Waals surface area contributed by atoms with Crippen LogP contribution in [0, 0.1) is 0 Å². The van der Waals surface area contributed by atoms with Crippen LogP contribution in [0.2, 0.25) is 0 Å². The quantitative estimate of drug-likeness (QED) is 0.483. The highest BCUT2D eigenvalue weighted by atomic mass is 32.1. The predicted molar refractivity (Wildman–Crippen MR) is 131 cm³/mol. The molecule has 3 aromatic rings. The molecule has 0 fully saturated rings. The van der Waals surface area contributed by atoms with Crippen LogP contribution in [0.25, 0.3) is 10.2 Å². The Balaban J connectivity index is 1.82. The normalized spacial score (nSPS) is 12.9. The molecule has 0 saturated heterocycles. The number of rotatable bonds is 7. The lowest BCUT2D eigenvalue weighted by Gasteiger charge is -2.14. The minimum atomic E-state index is -0.545. The number of fused-ring (bicyclic) bond motifs is 3. The number of amides is 2. The SMILES string of the molecule is CCOC(=O)c1c(NC(C)=O)c2c3c(sc2n1CC(=O)Nc1ccccc1CC)CCCC3. The summed E-state index contributed by atoms with van der Waals surface area (Å²) in [5, 5.41) is 6.73. The molecule has 174 valence electrons. The van der Waals surface area contributed by atoms with Crippen molar-refractivity contribution < 1.29 is 19.1 Å². The summed E-state index contributed by atoms with van der Waals surface area (Å²) in [5.74, 6) is -1.05. The van der Waals surface area contributed by atoms with Crippen molar-refractivity contribution in [1.82, 2.24) is 4.57 Å². The molecule has 2 aromatic heterocycles. The first kappa shape index (κ1) is 23.0. The minimum Gasteiger partial charge on any atom is -0.461 e. The van der Waals surface area contributed by atoms with E-state index in [9.17, 15) is 14.4 Å². The first-order valence-electron chi connectivity index (χ1n) is 11.4. The average molecular weight is 468 g/mol. The maximum absolute atomic E-state index is 13.1. The zero-order valence-electron chi connectivity index (χ0n) is 19.2. The van der Waals surface area contributed by atoms with Crippen LogP contribution in [-0.4, -0.2) is 29.0 Å². The van der Waals surface area contributed by atoms with E-state index in [1.807, 2.05) is 31.2 Å². The van der Waals surface area contributed by atoms with Crippen molar-refractivity contribution in [3.8, 4) is 0 Å². The summed E-state index contributed by atoms with van der Waals surface area (Å²) < 4.78 is 7.05. The fraction of sp³-hybridized carbons (Fsp3) is 0.400. The van der Waals surface area contributed by atoms with Crippen molar-refractivity contribution in [2.75, 3.05) is 17.2 Å². The van der Waals surface area contributed by atoms with Gasteiger partial charge in [0.2, 0.25) is 11.8 Å². The van der Waals surface area contributed by atoms with Gasteiger partial charge in [-0.3, -0.25) is 9.59 Å². The Morgan fingerprint density at radius 1 is 1.09 bits per heavy atom. The second-order valence-corrected chi connectivity index (χ2v) is 9.24. The number of aryl methyl sites for hydroxylation is 3. The van der Waals surface area contributed by atoms with Gasteiger partial charge in [0.25, 0.3) is 0 Å². The third-order valence-electron chi connectivity index (χ3n) is 5.90. The molecule has 0 atom stereocenters. The number of nitrogens with one attached hydrogen (secondary N) is 2. The molecule has 0 spiro atoms. The van der Waals surface area contributed by atoms with Gasteiger partial charge in [-0.15, -0.1) is 11.3 Å². The predicted octanol–water partition coefficient (Wildman–Crippen LogP) is 4.92. The van der Waals surface area contributed by atoms with Gasteiger partial charge in [-0.05, 0) is 56.2 Å². The van der Waals surface area contributed by atoms with Gasteiger partial charge < -0.3 is 19.9 Å². The highest BCUT2D eigenvalue weighted by Crippen LogP contribution is 2.44. The van der Waals surface area contributed by atoms with E-state index in [1.165, 1.54) is 17.4 Å². The molecule has 4 rings (SSSR count). The van der Waals surface area contributed by atoms with E-state index >= 15 is 0 Å².